The highest BCUT2D eigenvalue weighted by atomic mass is 32.2. The zero-order chi connectivity index (χ0) is 22.3. The van der Waals surface area contributed by atoms with E-state index in [1.54, 1.807) is 0 Å². The summed E-state index contributed by atoms with van der Waals surface area (Å²) in [5.41, 5.74) is -0.158. The van der Waals surface area contributed by atoms with Crippen molar-refractivity contribution in [3.05, 3.63) is 24.0 Å². The number of aromatic hydroxyl groups is 1. The molecule has 30 heavy (non-hydrogen) atoms. The van der Waals surface area contributed by atoms with E-state index in [1.807, 2.05) is 0 Å². The molecule has 166 valence electrons. The Morgan fingerprint density at radius 3 is 2.50 bits per heavy atom. The van der Waals surface area contributed by atoms with Crippen LogP contribution in [0.15, 0.2) is 18.3 Å². The minimum Gasteiger partial charge on any atom is -0.505 e. The van der Waals surface area contributed by atoms with E-state index in [-0.39, 0.29) is 67.7 Å². The highest BCUT2D eigenvalue weighted by Crippen LogP contribution is 2.24. The molecule has 0 bridgehead atoms. The Morgan fingerprint density at radius 2 is 1.90 bits per heavy atom. The number of sulfone groups is 1. The SMILES string of the molecule is O=C(N[C@H]1C[C@@H](F)CN(C(=O)C2CCS(=O)(=O)CC2)C1)c1ncccc1O.O=CO. The number of hydrogen-bond acceptors (Lipinski definition) is 7. The van der Waals surface area contributed by atoms with Crippen LogP contribution in [0.3, 0.4) is 0 Å². The largest absolute Gasteiger partial charge is 0.505 e. The number of piperidine rings is 1. The molecule has 2 aliphatic rings. The van der Waals surface area contributed by atoms with E-state index in [9.17, 15) is 27.5 Å². The van der Waals surface area contributed by atoms with E-state index in [1.165, 1.54) is 23.2 Å². The fourth-order valence-electron chi connectivity index (χ4n) is 3.54. The summed E-state index contributed by atoms with van der Waals surface area (Å²) in [7, 11) is -3.08. The van der Waals surface area contributed by atoms with Gasteiger partial charge in [-0.3, -0.25) is 14.4 Å². The molecule has 2 amide bonds. The van der Waals surface area contributed by atoms with Crippen LogP contribution in [-0.2, 0) is 19.4 Å². The molecule has 1 aromatic heterocycles. The second-order valence-electron chi connectivity index (χ2n) is 7.15. The second-order valence-corrected chi connectivity index (χ2v) is 9.45. The van der Waals surface area contributed by atoms with Gasteiger partial charge < -0.3 is 20.4 Å². The summed E-state index contributed by atoms with van der Waals surface area (Å²) in [6.07, 6.45) is 0.612. The van der Waals surface area contributed by atoms with Gasteiger partial charge in [-0.15, -0.1) is 0 Å². The molecular weight excluding hydrogens is 421 g/mol. The summed E-state index contributed by atoms with van der Waals surface area (Å²) in [6.45, 7) is -0.175. The van der Waals surface area contributed by atoms with Crippen LogP contribution in [0, 0.1) is 5.92 Å². The van der Waals surface area contributed by atoms with Crippen molar-refractivity contribution < 1.29 is 37.4 Å². The van der Waals surface area contributed by atoms with Gasteiger partial charge in [-0.25, -0.2) is 17.8 Å². The Kier molecular flexibility index (Phi) is 8.09. The predicted molar refractivity (Wildman–Crippen MR) is 103 cm³/mol. The summed E-state index contributed by atoms with van der Waals surface area (Å²) in [5, 5.41) is 19.2. The van der Waals surface area contributed by atoms with E-state index in [4.69, 9.17) is 9.90 Å². The maximum absolute atomic E-state index is 14.2. The number of carbonyl (C=O) groups excluding carboxylic acids is 2. The van der Waals surface area contributed by atoms with E-state index < -0.39 is 33.9 Å². The third kappa shape index (κ3) is 6.37. The fraction of sp³-hybridized carbons (Fsp3) is 0.556. The standard InChI is InChI=1S/C17H22FN3O5S.CH2O2/c18-12-8-13(20-16(23)15-14(22)2-1-5-19-15)10-21(9-12)17(24)11-3-6-27(25,26)7-4-11;2-1-3/h1-2,5,11-13,22H,3-4,6-10H2,(H,20,23);1H,(H,2,3)/t12-,13+;/m1./s1. The first-order valence-electron chi connectivity index (χ1n) is 9.32. The van der Waals surface area contributed by atoms with Crippen LogP contribution in [-0.4, -0.2) is 83.6 Å². The first kappa shape index (κ1) is 23.5. The molecule has 0 saturated carbocycles. The quantitative estimate of drug-likeness (QED) is 0.549. The molecule has 3 heterocycles. The number of nitrogens with one attached hydrogen (secondary N) is 1. The Hall–Kier alpha value is -2.76. The maximum Gasteiger partial charge on any atom is 0.290 e. The van der Waals surface area contributed by atoms with Crippen LogP contribution in [0.4, 0.5) is 4.39 Å². The molecule has 10 nitrogen and oxygen atoms in total. The van der Waals surface area contributed by atoms with Crippen LogP contribution < -0.4 is 5.32 Å². The number of nitrogens with zero attached hydrogens (tertiary/aromatic N) is 2. The van der Waals surface area contributed by atoms with Gasteiger partial charge >= 0.3 is 0 Å². The van der Waals surface area contributed by atoms with Gasteiger partial charge in [0.25, 0.3) is 12.4 Å². The molecule has 2 saturated heterocycles. The Bertz CT molecular complexity index is 866. The molecule has 0 spiro atoms. The van der Waals surface area contributed by atoms with Crippen molar-refractivity contribution in [2.45, 2.75) is 31.5 Å². The average molecular weight is 445 g/mol. The molecule has 3 N–H and O–H groups in total. The molecule has 2 atom stereocenters. The number of carbonyl (C=O) groups is 3. The van der Waals surface area contributed by atoms with E-state index in [0.29, 0.717) is 0 Å². The van der Waals surface area contributed by atoms with Crippen molar-refractivity contribution in [1.29, 1.82) is 0 Å². The van der Waals surface area contributed by atoms with Gasteiger partial charge in [0, 0.05) is 31.1 Å². The number of pyridine rings is 1. The molecule has 0 aliphatic carbocycles. The lowest BCUT2D eigenvalue weighted by Crippen LogP contribution is -2.55. The van der Waals surface area contributed by atoms with Gasteiger partial charge in [0.1, 0.15) is 21.8 Å². The number of rotatable bonds is 3. The van der Waals surface area contributed by atoms with E-state index in [0.717, 1.165) is 0 Å². The highest BCUT2D eigenvalue weighted by Gasteiger charge is 2.36. The molecule has 2 aliphatic heterocycles. The molecule has 3 rings (SSSR count). The molecule has 1 aromatic rings. The zero-order valence-corrected chi connectivity index (χ0v) is 16.9. The Labute approximate surface area is 173 Å². The third-order valence-corrected chi connectivity index (χ3v) is 6.67. The minimum absolute atomic E-state index is 0.0323. The highest BCUT2D eigenvalue weighted by molar-refractivity contribution is 7.91. The van der Waals surface area contributed by atoms with Gasteiger partial charge in [0.05, 0.1) is 18.1 Å². The smallest absolute Gasteiger partial charge is 0.290 e. The minimum atomic E-state index is -3.08. The number of hydrogen-bond donors (Lipinski definition) is 3. The predicted octanol–water partition coefficient (Wildman–Crippen LogP) is -0.0184. The summed E-state index contributed by atoms with van der Waals surface area (Å²) >= 11 is 0. The van der Waals surface area contributed by atoms with Crippen molar-refractivity contribution >= 4 is 28.1 Å². The van der Waals surface area contributed by atoms with Gasteiger partial charge in [-0.2, -0.15) is 0 Å². The molecule has 2 fully saturated rings. The van der Waals surface area contributed by atoms with Gasteiger partial charge in [0.15, 0.2) is 5.69 Å². The Balaban J connectivity index is 0.00000101. The lowest BCUT2D eigenvalue weighted by atomic mass is 9.97. The monoisotopic (exact) mass is 445 g/mol. The number of carboxylic acid groups (broad SMARTS) is 1. The van der Waals surface area contributed by atoms with E-state index in [2.05, 4.69) is 10.3 Å². The number of alkyl halides is 1. The molecule has 12 heteroatoms. The molecular formula is C18H24FN3O7S. The van der Waals surface area contributed by atoms with Gasteiger partial charge in [0.2, 0.25) is 5.91 Å². The van der Waals surface area contributed by atoms with Crippen LogP contribution in [0.2, 0.25) is 0 Å². The average Bonchev–Trinajstić information content (AvgIpc) is 2.68. The Morgan fingerprint density at radius 1 is 1.27 bits per heavy atom. The summed E-state index contributed by atoms with van der Waals surface area (Å²) in [6, 6.07) is 2.20. The number of halogens is 1. The molecule has 0 radical (unpaired) electrons. The van der Waals surface area contributed by atoms with Crippen LogP contribution in [0.25, 0.3) is 0 Å². The number of likely N-dealkylation sites (tertiary alicyclic amines) is 1. The zero-order valence-electron chi connectivity index (χ0n) is 16.1. The first-order valence-corrected chi connectivity index (χ1v) is 11.1. The third-order valence-electron chi connectivity index (χ3n) is 4.95. The van der Waals surface area contributed by atoms with Crippen LogP contribution in [0.5, 0.6) is 5.75 Å². The normalized spacial score (nSPS) is 23.6. The number of aromatic nitrogens is 1. The maximum atomic E-state index is 14.2. The van der Waals surface area contributed by atoms with E-state index >= 15 is 0 Å². The van der Waals surface area contributed by atoms with Crippen molar-refractivity contribution in [2.75, 3.05) is 24.6 Å². The van der Waals surface area contributed by atoms with Crippen molar-refractivity contribution in [1.82, 2.24) is 15.2 Å². The molecule has 0 unspecified atom stereocenters. The van der Waals surface area contributed by atoms with Gasteiger partial charge in [-0.05, 0) is 25.0 Å². The lowest BCUT2D eigenvalue weighted by molar-refractivity contribution is -0.138. The van der Waals surface area contributed by atoms with Crippen molar-refractivity contribution in [3.8, 4) is 5.75 Å². The summed E-state index contributed by atoms with van der Waals surface area (Å²) in [5.74, 6) is -1.69. The van der Waals surface area contributed by atoms with Crippen molar-refractivity contribution in [3.63, 3.8) is 0 Å². The van der Waals surface area contributed by atoms with Gasteiger partial charge in [-0.1, -0.05) is 0 Å². The number of amides is 2. The second kappa shape index (κ2) is 10.3. The lowest BCUT2D eigenvalue weighted by Gasteiger charge is -2.37. The fourth-order valence-corrected chi connectivity index (χ4v) is 5.03. The summed E-state index contributed by atoms with van der Waals surface area (Å²) in [4.78, 5) is 38.5. The van der Waals surface area contributed by atoms with Crippen LogP contribution >= 0.6 is 0 Å². The van der Waals surface area contributed by atoms with Crippen LogP contribution in [0.1, 0.15) is 29.8 Å². The topological polar surface area (TPSA) is 154 Å². The van der Waals surface area contributed by atoms with Crippen molar-refractivity contribution in [2.24, 2.45) is 5.92 Å². The molecule has 0 aromatic carbocycles. The first-order chi connectivity index (χ1) is 14.2. The summed E-state index contributed by atoms with van der Waals surface area (Å²) < 4.78 is 37.2.